The number of aryl methyl sites for hydroxylation is 1. The molecule has 0 saturated heterocycles. The second-order valence-corrected chi connectivity index (χ2v) is 8.14. The molecule has 0 aliphatic carbocycles. The largest absolute Gasteiger partial charge is 0.451 e. The zero-order valence-electron chi connectivity index (χ0n) is 13.7. The first-order valence-corrected chi connectivity index (χ1v) is 9.59. The first-order valence-electron chi connectivity index (χ1n) is 7.83. The van der Waals surface area contributed by atoms with E-state index in [1.165, 1.54) is 11.3 Å². The normalized spacial score (nSPS) is 17.1. The second kappa shape index (κ2) is 7.40. The number of anilines is 1. The van der Waals surface area contributed by atoms with E-state index in [0.29, 0.717) is 16.7 Å². The highest BCUT2D eigenvalue weighted by Crippen LogP contribution is 2.37. The lowest BCUT2D eigenvalue weighted by Gasteiger charge is -2.22. The molecule has 24 heavy (non-hydrogen) atoms. The highest BCUT2D eigenvalue weighted by Gasteiger charge is 2.25. The van der Waals surface area contributed by atoms with Crippen LogP contribution in [0.25, 0.3) is 0 Å². The number of carbonyl (C=O) groups is 2. The summed E-state index contributed by atoms with van der Waals surface area (Å²) < 4.78 is 5.24. The molecule has 3 rings (SSSR count). The molecule has 0 radical (unpaired) electrons. The molecule has 0 bridgehead atoms. The molecule has 0 unspecified atom stereocenters. The molecule has 1 aromatic heterocycles. The summed E-state index contributed by atoms with van der Waals surface area (Å²) >= 11 is 3.11. The van der Waals surface area contributed by atoms with Crippen LogP contribution in [-0.2, 0) is 9.53 Å². The van der Waals surface area contributed by atoms with Crippen LogP contribution >= 0.6 is 23.1 Å². The molecule has 1 aromatic carbocycles. The van der Waals surface area contributed by atoms with Crippen LogP contribution < -0.4 is 4.90 Å². The van der Waals surface area contributed by atoms with Crippen LogP contribution in [0.1, 0.15) is 28.6 Å². The molecule has 2 aromatic rings. The van der Waals surface area contributed by atoms with Gasteiger partial charge in [-0.25, -0.2) is 4.79 Å². The Labute approximate surface area is 149 Å². The minimum atomic E-state index is -0.429. The van der Waals surface area contributed by atoms with Gasteiger partial charge in [0.2, 0.25) is 0 Å². The minimum Gasteiger partial charge on any atom is -0.451 e. The number of thioether (sulfide) groups is 1. The fourth-order valence-corrected chi connectivity index (χ4v) is 4.53. The van der Waals surface area contributed by atoms with Crippen molar-refractivity contribution in [2.45, 2.75) is 30.4 Å². The first-order chi connectivity index (χ1) is 11.6. The maximum absolute atomic E-state index is 12.6. The molecule has 0 spiro atoms. The molecule has 4 nitrogen and oxygen atoms in total. The predicted molar refractivity (Wildman–Crippen MR) is 98.1 cm³/mol. The average molecular weight is 361 g/mol. The number of rotatable bonds is 3. The standard InChI is InChI=1S/C18H19NO3S2/c1-12-8-10-23-17(12)18(21)22-11-16(20)19-9-7-13(2)24-15-6-4-3-5-14(15)19/h3-6,8,10,13H,7,9,11H2,1-2H3/t13-/m0/s1. The Morgan fingerprint density at radius 1 is 1.29 bits per heavy atom. The van der Waals surface area contributed by atoms with E-state index < -0.39 is 5.97 Å². The summed E-state index contributed by atoms with van der Waals surface area (Å²) in [5.74, 6) is -0.610. The van der Waals surface area contributed by atoms with Gasteiger partial charge in [-0.2, -0.15) is 0 Å². The molecule has 2 heterocycles. The van der Waals surface area contributed by atoms with Crippen molar-refractivity contribution in [2.75, 3.05) is 18.1 Å². The molecule has 1 aliphatic rings. The summed E-state index contributed by atoms with van der Waals surface area (Å²) in [5.41, 5.74) is 1.78. The van der Waals surface area contributed by atoms with Crippen molar-refractivity contribution in [3.63, 3.8) is 0 Å². The van der Waals surface area contributed by atoms with Gasteiger partial charge in [0, 0.05) is 16.7 Å². The second-order valence-electron chi connectivity index (χ2n) is 5.74. The van der Waals surface area contributed by atoms with Gasteiger partial charge in [0.05, 0.1) is 5.69 Å². The van der Waals surface area contributed by atoms with Crippen molar-refractivity contribution in [3.05, 3.63) is 46.2 Å². The first kappa shape index (κ1) is 17.0. The number of carbonyl (C=O) groups excluding carboxylic acids is 2. The van der Waals surface area contributed by atoms with Crippen LogP contribution in [0, 0.1) is 6.92 Å². The number of fused-ring (bicyclic) bond motifs is 1. The number of nitrogens with zero attached hydrogens (tertiary/aromatic N) is 1. The Bertz CT molecular complexity index is 756. The third kappa shape index (κ3) is 3.65. The summed E-state index contributed by atoms with van der Waals surface area (Å²) in [6, 6.07) is 9.75. The van der Waals surface area contributed by atoms with Gasteiger partial charge >= 0.3 is 5.97 Å². The Morgan fingerprint density at radius 2 is 2.08 bits per heavy atom. The number of esters is 1. The van der Waals surface area contributed by atoms with Crippen molar-refractivity contribution in [1.82, 2.24) is 0 Å². The fourth-order valence-electron chi connectivity index (χ4n) is 2.60. The molecule has 1 aliphatic heterocycles. The summed E-state index contributed by atoms with van der Waals surface area (Å²) in [4.78, 5) is 28.1. The lowest BCUT2D eigenvalue weighted by atomic mass is 10.2. The molecule has 0 N–H and O–H groups in total. The Hall–Kier alpha value is -1.79. The van der Waals surface area contributed by atoms with Gasteiger partial charge in [-0.05, 0) is 42.5 Å². The van der Waals surface area contributed by atoms with E-state index in [-0.39, 0.29) is 12.5 Å². The van der Waals surface area contributed by atoms with Crippen LogP contribution in [0.15, 0.2) is 40.6 Å². The Kier molecular flexibility index (Phi) is 5.26. The topological polar surface area (TPSA) is 46.6 Å². The molecule has 6 heteroatoms. The third-order valence-electron chi connectivity index (χ3n) is 3.92. The van der Waals surface area contributed by atoms with Crippen LogP contribution in [-0.4, -0.2) is 30.3 Å². The van der Waals surface area contributed by atoms with Crippen molar-refractivity contribution >= 4 is 40.7 Å². The average Bonchev–Trinajstić information content (AvgIpc) is 2.92. The SMILES string of the molecule is Cc1ccsc1C(=O)OCC(=O)N1CC[C@H](C)Sc2ccccc21. The zero-order chi connectivity index (χ0) is 17.1. The highest BCUT2D eigenvalue weighted by atomic mass is 32.2. The number of benzene rings is 1. The molecule has 0 saturated carbocycles. The van der Waals surface area contributed by atoms with Crippen LogP contribution in [0.5, 0.6) is 0 Å². The van der Waals surface area contributed by atoms with Crippen molar-refractivity contribution in [1.29, 1.82) is 0 Å². The lowest BCUT2D eigenvalue weighted by molar-refractivity contribution is -0.121. The number of hydrogen-bond donors (Lipinski definition) is 0. The number of para-hydroxylation sites is 1. The molecule has 1 amide bonds. The summed E-state index contributed by atoms with van der Waals surface area (Å²) in [7, 11) is 0. The van der Waals surface area contributed by atoms with E-state index >= 15 is 0 Å². The van der Waals surface area contributed by atoms with Gasteiger partial charge < -0.3 is 9.64 Å². The van der Waals surface area contributed by atoms with Gasteiger partial charge in [-0.3, -0.25) is 4.79 Å². The summed E-state index contributed by atoms with van der Waals surface area (Å²) in [6.45, 7) is 4.43. The summed E-state index contributed by atoms with van der Waals surface area (Å²) in [6.07, 6.45) is 0.906. The maximum atomic E-state index is 12.6. The van der Waals surface area contributed by atoms with E-state index in [1.807, 2.05) is 42.6 Å². The van der Waals surface area contributed by atoms with Crippen LogP contribution in [0.2, 0.25) is 0 Å². The van der Waals surface area contributed by atoms with Crippen molar-refractivity contribution < 1.29 is 14.3 Å². The molecular formula is C18H19NO3S2. The van der Waals surface area contributed by atoms with E-state index in [4.69, 9.17) is 4.74 Å². The summed E-state index contributed by atoms with van der Waals surface area (Å²) in [5, 5.41) is 2.29. The maximum Gasteiger partial charge on any atom is 0.349 e. The van der Waals surface area contributed by atoms with Crippen LogP contribution in [0.4, 0.5) is 5.69 Å². The monoisotopic (exact) mass is 361 g/mol. The van der Waals surface area contributed by atoms with Crippen molar-refractivity contribution in [2.24, 2.45) is 0 Å². The molecule has 0 fully saturated rings. The molecule has 1 atom stereocenters. The Morgan fingerprint density at radius 3 is 2.83 bits per heavy atom. The van der Waals surface area contributed by atoms with Gasteiger partial charge in [-0.15, -0.1) is 23.1 Å². The van der Waals surface area contributed by atoms with Gasteiger partial charge in [-0.1, -0.05) is 19.1 Å². The minimum absolute atomic E-state index is 0.181. The van der Waals surface area contributed by atoms with Gasteiger partial charge in [0.15, 0.2) is 6.61 Å². The predicted octanol–water partition coefficient (Wildman–Crippen LogP) is 4.13. The number of ether oxygens (including phenoxy) is 1. The van der Waals surface area contributed by atoms with E-state index in [1.54, 1.807) is 16.7 Å². The fraction of sp³-hybridized carbons (Fsp3) is 0.333. The quantitative estimate of drug-likeness (QED) is 0.771. The number of thiophene rings is 1. The van der Waals surface area contributed by atoms with Crippen molar-refractivity contribution in [3.8, 4) is 0 Å². The van der Waals surface area contributed by atoms with E-state index in [9.17, 15) is 9.59 Å². The van der Waals surface area contributed by atoms with E-state index in [0.717, 1.165) is 22.6 Å². The van der Waals surface area contributed by atoms with E-state index in [2.05, 4.69) is 6.92 Å². The smallest absolute Gasteiger partial charge is 0.349 e. The van der Waals surface area contributed by atoms with Gasteiger partial charge in [0.25, 0.3) is 5.91 Å². The number of amides is 1. The number of hydrogen-bond acceptors (Lipinski definition) is 5. The zero-order valence-corrected chi connectivity index (χ0v) is 15.3. The Balaban J connectivity index is 1.71. The molecular weight excluding hydrogens is 342 g/mol. The van der Waals surface area contributed by atoms with Crippen LogP contribution in [0.3, 0.4) is 0 Å². The van der Waals surface area contributed by atoms with Gasteiger partial charge in [0.1, 0.15) is 4.88 Å². The lowest BCUT2D eigenvalue weighted by Crippen LogP contribution is -2.35. The highest BCUT2D eigenvalue weighted by molar-refractivity contribution is 8.00. The molecule has 126 valence electrons. The third-order valence-corrected chi connectivity index (χ3v) is 6.15.